The molecule has 0 aliphatic carbocycles. The lowest BCUT2D eigenvalue weighted by atomic mass is 9.96. The average Bonchev–Trinajstić information content (AvgIpc) is 2.98. The first-order valence-corrected chi connectivity index (χ1v) is 8.35. The minimum absolute atomic E-state index is 0.0305. The zero-order chi connectivity index (χ0) is 14.5. The molecule has 0 saturated carbocycles. The Morgan fingerprint density at radius 3 is 2.35 bits per heavy atom. The second-order valence-corrected chi connectivity index (χ2v) is 6.69. The van der Waals surface area contributed by atoms with Crippen LogP contribution >= 0.6 is 0 Å². The van der Waals surface area contributed by atoms with E-state index in [-0.39, 0.29) is 6.04 Å². The van der Waals surface area contributed by atoms with Crippen molar-refractivity contribution in [2.24, 2.45) is 5.92 Å². The van der Waals surface area contributed by atoms with Crippen LogP contribution in [0, 0.1) is 5.92 Å². The molecule has 1 unspecified atom stereocenters. The van der Waals surface area contributed by atoms with Gasteiger partial charge in [0.1, 0.15) is 0 Å². The molecule has 4 heteroatoms. The third-order valence-electron chi connectivity index (χ3n) is 4.86. The smallest absolute Gasteiger partial charge is 0.239 e. The van der Waals surface area contributed by atoms with Gasteiger partial charge in [0.15, 0.2) is 0 Å². The van der Waals surface area contributed by atoms with Crippen molar-refractivity contribution in [3.8, 4) is 0 Å². The molecule has 2 heterocycles. The molecule has 4 nitrogen and oxygen atoms in total. The lowest BCUT2D eigenvalue weighted by Crippen LogP contribution is -2.51. The molecule has 0 aromatic heterocycles. The molecule has 0 aromatic carbocycles. The molecule has 2 fully saturated rings. The third kappa shape index (κ3) is 3.95. The van der Waals surface area contributed by atoms with Crippen LogP contribution in [0.3, 0.4) is 0 Å². The summed E-state index contributed by atoms with van der Waals surface area (Å²) in [4.78, 5) is 17.1. The summed E-state index contributed by atoms with van der Waals surface area (Å²) in [6.07, 6.45) is 4.84. The number of carbonyl (C=O) groups excluding carboxylic acids is 1. The Bertz CT molecular complexity index is 307. The van der Waals surface area contributed by atoms with E-state index in [0.29, 0.717) is 11.9 Å². The highest BCUT2D eigenvalue weighted by atomic mass is 16.2. The van der Waals surface area contributed by atoms with Crippen molar-refractivity contribution < 1.29 is 4.79 Å². The Hall–Kier alpha value is -0.610. The van der Waals surface area contributed by atoms with Gasteiger partial charge in [-0.3, -0.25) is 9.69 Å². The van der Waals surface area contributed by atoms with E-state index in [1.807, 2.05) is 0 Å². The Labute approximate surface area is 123 Å². The van der Waals surface area contributed by atoms with Gasteiger partial charge in [-0.1, -0.05) is 0 Å². The van der Waals surface area contributed by atoms with Crippen molar-refractivity contribution in [1.82, 2.24) is 15.1 Å². The Morgan fingerprint density at radius 2 is 1.80 bits per heavy atom. The van der Waals surface area contributed by atoms with Crippen LogP contribution in [0.25, 0.3) is 0 Å². The summed E-state index contributed by atoms with van der Waals surface area (Å²) in [5, 5.41) is 3.42. The van der Waals surface area contributed by atoms with Crippen molar-refractivity contribution in [2.45, 2.75) is 58.5 Å². The number of piperidine rings is 1. The van der Waals surface area contributed by atoms with Crippen LogP contribution in [0.15, 0.2) is 0 Å². The predicted molar refractivity (Wildman–Crippen MR) is 82.7 cm³/mol. The van der Waals surface area contributed by atoms with Crippen molar-refractivity contribution in [1.29, 1.82) is 0 Å². The van der Waals surface area contributed by atoms with E-state index in [1.54, 1.807) is 0 Å². The maximum atomic E-state index is 12.6. The van der Waals surface area contributed by atoms with Gasteiger partial charge in [0.25, 0.3) is 0 Å². The monoisotopic (exact) mass is 281 g/mol. The minimum Gasteiger partial charge on any atom is -0.341 e. The highest BCUT2D eigenvalue weighted by Crippen LogP contribution is 2.19. The topological polar surface area (TPSA) is 35.6 Å². The quantitative estimate of drug-likeness (QED) is 0.833. The molecular formula is C16H31N3O. The first kappa shape index (κ1) is 15.8. The van der Waals surface area contributed by atoms with E-state index in [1.165, 1.54) is 25.7 Å². The van der Waals surface area contributed by atoms with E-state index in [4.69, 9.17) is 0 Å². The normalized spacial score (nSPS) is 22.8. The molecule has 0 radical (unpaired) electrons. The summed E-state index contributed by atoms with van der Waals surface area (Å²) >= 11 is 0. The van der Waals surface area contributed by atoms with Gasteiger partial charge in [0, 0.05) is 25.7 Å². The fourth-order valence-electron chi connectivity index (χ4n) is 3.52. The fourth-order valence-corrected chi connectivity index (χ4v) is 3.52. The summed E-state index contributed by atoms with van der Waals surface area (Å²) in [5.41, 5.74) is 0. The van der Waals surface area contributed by atoms with Gasteiger partial charge in [0.2, 0.25) is 5.91 Å². The Balaban J connectivity index is 1.93. The zero-order valence-corrected chi connectivity index (χ0v) is 13.4. The van der Waals surface area contributed by atoms with Crippen LogP contribution in [-0.4, -0.2) is 60.5 Å². The summed E-state index contributed by atoms with van der Waals surface area (Å²) in [6, 6.07) is 0.467. The van der Waals surface area contributed by atoms with E-state index in [9.17, 15) is 4.79 Å². The molecular weight excluding hydrogens is 250 g/mol. The Kier molecular flexibility index (Phi) is 5.85. The SMILES string of the molecule is CC(C)N(CC1CCNCC1)C(C)C(=O)N1CCCC1. The predicted octanol–water partition coefficient (Wildman–Crippen LogP) is 1.71. The van der Waals surface area contributed by atoms with Crippen LogP contribution < -0.4 is 5.32 Å². The maximum Gasteiger partial charge on any atom is 0.239 e. The molecule has 116 valence electrons. The summed E-state index contributed by atoms with van der Waals surface area (Å²) < 4.78 is 0. The number of amides is 1. The number of carbonyl (C=O) groups is 1. The first-order chi connectivity index (χ1) is 9.59. The van der Waals surface area contributed by atoms with Crippen LogP contribution in [0.2, 0.25) is 0 Å². The molecule has 20 heavy (non-hydrogen) atoms. The van der Waals surface area contributed by atoms with Crippen LogP contribution in [0.5, 0.6) is 0 Å². The second-order valence-electron chi connectivity index (χ2n) is 6.69. The van der Waals surface area contributed by atoms with Crippen LogP contribution in [0.1, 0.15) is 46.5 Å². The summed E-state index contributed by atoms with van der Waals surface area (Å²) in [6.45, 7) is 11.8. The van der Waals surface area contributed by atoms with Crippen LogP contribution in [0.4, 0.5) is 0 Å². The summed E-state index contributed by atoms with van der Waals surface area (Å²) in [7, 11) is 0. The number of rotatable bonds is 5. The van der Waals surface area contributed by atoms with Gasteiger partial charge < -0.3 is 10.2 Å². The minimum atomic E-state index is 0.0305. The van der Waals surface area contributed by atoms with E-state index >= 15 is 0 Å². The number of hydrogen-bond donors (Lipinski definition) is 1. The van der Waals surface area contributed by atoms with Gasteiger partial charge >= 0.3 is 0 Å². The van der Waals surface area contributed by atoms with E-state index in [2.05, 4.69) is 35.9 Å². The van der Waals surface area contributed by atoms with Gasteiger partial charge in [-0.15, -0.1) is 0 Å². The molecule has 2 rings (SSSR count). The lowest BCUT2D eigenvalue weighted by molar-refractivity contribution is -0.136. The zero-order valence-electron chi connectivity index (χ0n) is 13.4. The second kappa shape index (κ2) is 7.41. The molecule has 0 bridgehead atoms. The molecule has 2 saturated heterocycles. The van der Waals surface area contributed by atoms with Crippen molar-refractivity contribution in [3.63, 3.8) is 0 Å². The standard InChI is InChI=1S/C16H31N3O/c1-13(2)19(12-15-6-8-17-9-7-15)14(3)16(20)18-10-4-5-11-18/h13-15,17H,4-12H2,1-3H3. The molecule has 1 amide bonds. The third-order valence-corrected chi connectivity index (χ3v) is 4.86. The molecule has 1 N–H and O–H groups in total. The van der Waals surface area contributed by atoms with Crippen molar-refractivity contribution in [3.05, 3.63) is 0 Å². The number of nitrogens with one attached hydrogen (secondary N) is 1. The largest absolute Gasteiger partial charge is 0.341 e. The van der Waals surface area contributed by atoms with Gasteiger partial charge in [-0.05, 0) is 65.5 Å². The summed E-state index contributed by atoms with van der Waals surface area (Å²) in [5.74, 6) is 1.08. The van der Waals surface area contributed by atoms with Gasteiger partial charge in [-0.25, -0.2) is 0 Å². The maximum absolute atomic E-state index is 12.6. The Morgan fingerprint density at radius 1 is 1.20 bits per heavy atom. The first-order valence-electron chi connectivity index (χ1n) is 8.35. The molecule has 2 aliphatic heterocycles. The van der Waals surface area contributed by atoms with Crippen molar-refractivity contribution >= 4 is 5.91 Å². The fraction of sp³-hybridized carbons (Fsp3) is 0.938. The van der Waals surface area contributed by atoms with Gasteiger partial charge in [0.05, 0.1) is 6.04 Å². The van der Waals surface area contributed by atoms with Crippen molar-refractivity contribution in [2.75, 3.05) is 32.7 Å². The number of hydrogen-bond acceptors (Lipinski definition) is 3. The number of likely N-dealkylation sites (tertiary alicyclic amines) is 1. The highest BCUT2D eigenvalue weighted by molar-refractivity contribution is 5.81. The van der Waals surface area contributed by atoms with Gasteiger partial charge in [-0.2, -0.15) is 0 Å². The molecule has 1 atom stereocenters. The molecule has 0 aromatic rings. The number of nitrogens with zero attached hydrogens (tertiary/aromatic N) is 2. The average molecular weight is 281 g/mol. The highest BCUT2D eigenvalue weighted by Gasteiger charge is 2.30. The molecule has 0 spiro atoms. The van der Waals surface area contributed by atoms with Crippen LogP contribution in [-0.2, 0) is 4.79 Å². The lowest BCUT2D eigenvalue weighted by Gasteiger charge is -2.37. The van der Waals surface area contributed by atoms with E-state index in [0.717, 1.165) is 38.6 Å². The molecule has 2 aliphatic rings. The van der Waals surface area contributed by atoms with E-state index < -0.39 is 0 Å².